The third-order valence-electron chi connectivity index (χ3n) is 2.67. The molecule has 5 nitrogen and oxygen atoms in total. The number of benzene rings is 1. The molecule has 1 atom stereocenters. The molecule has 5 heteroatoms. The van der Waals surface area contributed by atoms with Gasteiger partial charge in [0.1, 0.15) is 18.5 Å². The molecule has 0 radical (unpaired) electrons. The maximum absolute atomic E-state index is 9.76. The summed E-state index contributed by atoms with van der Waals surface area (Å²) in [5, 5.41) is 12.9. The maximum Gasteiger partial charge on any atom is 0.119 e. The van der Waals surface area contributed by atoms with Gasteiger partial charge in [0.15, 0.2) is 0 Å². The van der Waals surface area contributed by atoms with Crippen LogP contribution >= 0.6 is 0 Å². The zero-order chi connectivity index (χ0) is 13.3. The van der Waals surface area contributed by atoms with Gasteiger partial charge < -0.3 is 19.7 Å². The van der Waals surface area contributed by atoms with Gasteiger partial charge in [-0.05, 0) is 12.1 Å². The number of nitrogens with zero attached hydrogens (tertiary/aromatic N) is 2. The lowest BCUT2D eigenvalue weighted by atomic mass is 10.3. The van der Waals surface area contributed by atoms with E-state index in [0.29, 0.717) is 13.2 Å². The first-order chi connectivity index (χ1) is 9.34. The molecule has 2 aromatic rings. The SMILES string of the molecule is OC(CNCCn1ccnc1)COc1ccccc1. The highest BCUT2D eigenvalue weighted by molar-refractivity contribution is 5.20. The Kier molecular flexibility index (Phi) is 5.40. The van der Waals surface area contributed by atoms with E-state index in [1.807, 2.05) is 41.1 Å². The zero-order valence-electron chi connectivity index (χ0n) is 10.8. The highest BCUT2D eigenvalue weighted by atomic mass is 16.5. The second kappa shape index (κ2) is 7.56. The van der Waals surface area contributed by atoms with Gasteiger partial charge >= 0.3 is 0 Å². The summed E-state index contributed by atoms with van der Waals surface area (Å²) in [5.41, 5.74) is 0. The molecule has 1 aromatic heterocycles. The fourth-order valence-corrected chi connectivity index (χ4v) is 1.66. The van der Waals surface area contributed by atoms with Gasteiger partial charge in [-0.25, -0.2) is 4.98 Å². The number of rotatable bonds is 8. The summed E-state index contributed by atoms with van der Waals surface area (Å²) in [4.78, 5) is 3.96. The summed E-state index contributed by atoms with van der Waals surface area (Å²) in [5.74, 6) is 0.778. The van der Waals surface area contributed by atoms with Crippen molar-refractivity contribution < 1.29 is 9.84 Å². The van der Waals surface area contributed by atoms with Crippen LogP contribution in [-0.2, 0) is 6.54 Å². The first-order valence-corrected chi connectivity index (χ1v) is 6.37. The van der Waals surface area contributed by atoms with Gasteiger partial charge in [0.05, 0.1) is 6.33 Å². The van der Waals surface area contributed by atoms with Gasteiger partial charge in [-0.15, -0.1) is 0 Å². The number of imidazole rings is 1. The molecule has 1 heterocycles. The minimum atomic E-state index is -0.511. The number of nitrogens with one attached hydrogen (secondary N) is 1. The van der Waals surface area contributed by atoms with Crippen LogP contribution in [0.1, 0.15) is 0 Å². The van der Waals surface area contributed by atoms with Crippen molar-refractivity contribution in [1.29, 1.82) is 0 Å². The third kappa shape index (κ3) is 5.11. The van der Waals surface area contributed by atoms with Gasteiger partial charge in [0, 0.05) is 32.0 Å². The molecule has 2 N–H and O–H groups in total. The van der Waals surface area contributed by atoms with E-state index >= 15 is 0 Å². The lowest BCUT2D eigenvalue weighted by Crippen LogP contribution is -2.33. The van der Waals surface area contributed by atoms with Crippen molar-refractivity contribution in [3.63, 3.8) is 0 Å². The van der Waals surface area contributed by atoms with E-state index in [2.05, 4.69) is 10.3 Å². The molecule has 1 unspecified atom stereocenters. The van der Waals surface area contributed by atoms with Crippen LogP contribution in [0.25, 0.3) is 0 Å². The fourth-order valence-electron chi connectivity index (χ4n) is 1.66. The minimum Gasteiger partial charge on any atom is -0.491 e. The van der Waals surface area contributed by atoms with E-state index in [4.69, 9.17) is 4.74 Å². The predicted molar refractivity (Wildman–Crippen MR) is 73.0 cm³/mol. The summed E-state index contributed by atoms with van der Waals surface area (Å²) in [7, 11) is 0. The van der Waals surface area contributed by atoms with Crippen LogP contribution in [0.2, 0.25) is 0 Å². The summed E-state index contributed by atoms with van der Waals surface area (Å²) in [6.07, 6.45) is 4.93. The Labute approximate surface area is 112 Å². The summed E-state index contributed by atoms with van der Waals surface area (Å²) >= 11 is 0. The summed E-state index contributed by atoms with van der Waals surface area (Å²) in [6.45, 7) is 2.44. The molecule has 1 aromatic carbocycles. The molecule has 0 aliphatic rings. The van der Waals surface area contributed by atoms with E-state index in [1.54, 1.807) is 12.5 Å². The topological polar surface area (TPSA) is 59.3 Å². The molecule has 19 heavy (non-hydrogen) atoms. The first kappa shape index (κ1) is 13.6. The molecule has 0 fully saturated rings. The third-order valence-corrected chi connectivity index (χ3v) is 2.67. The normalized spacial score (nSPS) is 12.3. The average Bonchev–Trinajstić information content (AvgIpc) is 2.96. The van der Waals surface area contributed by atoms with E-state index in [1.165, 1.54) is 0 Å². The lowest BCUT2D eigenvalue weighted by Gasteiger charge is -2.13. The first-order valence-electron chi connectivity index (χ1n) is 6.37. The average molecular weight is 261 g/mol. The Balaban J connectivity index is 1.56. The highest BCUT2D eigenvalue weighted by Gasteiger charge is 2.04. The number of aliphatic hydroxyl groups is 1. The molecular formula is C14H19N3O2. The second-order valence-electron chi connectivity index (χ2n) is 4.28. The molecular weight excluding hydrogens is 242 g/mol. The van der Waals surface area contributed by atoms with E-state index in [0.717, 1.165) is 18.8 Å². The molecule has 0 bridgehead atoms. The summed E-state index contributed by atoms with van der Waals surface area (Å²) < 4.78 is 7.45. The van der Waals surface area contributed by atoms with Crippen molar-refractivity contribution in [3.8, 4) is 5.75 Å². The van der Waals surface area contributed by atoms with Crippen LogP contribution in [-0.4, -0.2) is 40.5 Å². The Morgan fingerprint density at radius 1 is 1.32 bits per heavy atom. The monoisotopic (exact) mass is 261 g/mol. The van der Waals surface area contributed by atoms with Crippen LogP contribution in [0.4, 0.5) is 0 Å². The van der Waals surface area contributed by atoms with Crippen LogP contribution in [0.3, 0.4) is 0 Å². The molecule has 0 amide bonds. The summed E-state index contributed by atoms with van der Waals surface area (Å²) in [6, 6.07) is 9.50. The van der Waals surface area contributed by atoms with E-state index in [9.17, 15) is 5.11 Å². The number of aromatic nitrogens is 2. The van der Waals surface area contributed by atoms with Gasteiger partial charge in [-0.3, -0.25) is 0 Å². The van der Waals surface area contributed by atoms with Crippen molar-refractivity contribution in [3.05, 3.63) is 49.1 Å². The molecule has 0 aliphatic carbocycles. The van der Waals surface area contributed by atoms with Crippen LogP contribution in [0, 0.1) is 0 Å². The smallest absolute Gasteiger partial charge is 0.119 e. The minimum absolute atomic E-state index is 0.294. The Hall–Kier alpha value is -1.85. The molecule has 2 rings (SSSR count). The van der Waals surface area contributed by atoms with Crippen molar-refractivity contribution >= 4 is 0 Å². The number of hydrogen-bond donors (Lipinski definition) is 2. The number of para-hydroxylation sites is 1. The Morgan fingerprint density at radius 2 is 2.16 bits per heavy atom. The highest BCUT2D eigenvalue weighted by Crippen LogP contribution is 2.08. The largest absolute Gasteiger partial charge is 0.491 e. The predicted octanol–water partition coefficient (Wildman–Crippen LogP) is 0.913. The van der Waals surface area contributed by atoms with Crippen LogP contribution in [0.5, 0.6) is 5.75 Å². The molecule has 0 spiro atoms. The molecule has 102 valence electrons. The Bertz CT molecular complexity index is 445. The Morgan fingerprint density at radius 3 is 2.89 bits per heavy atom. The van der Waals surface area contributed by atoms with Gasteiger partial charge in [0.2, 0.25) is 0 Å². The van der Waals surface area contributed by atoms with Crippen LogP contribution < -0.4 is 10.1 Å². The van der Waals surface area contributed by atoms with Crippen molar-refractivity contribution in [2.45, 2.75) is 12.6 Å². The van der Waals surface area contributed by atoms with Crippen molar-refractivity contribution in [2.24, 2.45) is 0 Å². The quantitative estimate of drug-likeness (QED) is 0.694. The second-order valence-corrected chi connectivity index (χ2v) is 4.28. The molecule has 0 saturated heterocycles. The number of hydrogen-bond acceptors (Lipinski definition) is 4. The maximum atomic E-state index is 9.76. The van der Waals surface area contributed by atoms with Gasteiger partial charge in [-0.2, -0.15) is 0 Å². The lowest BCUT2D eigenvalue weighted by molar-refractivity contribution is 0.106. The zero-order valence-corrected chi connectivity index (χ0v) is 10.8. The van der Waals surface area contributed by atoms with Crippen molar-refractivity contribution in [1.82, 2.24) is 14.9 Å². The van der Waals surface area contributed by atoms with Gasteiger partial charge in [0.25, 0.3) is 0 Å². The standard InChI is InChI=1S/C14H19N3O2/c18-13(11-19-14-4-2-1-3-5-14)10-15-6-8-17-9-7-16-12-17/h1-5,7,9,12-13,15,18H,6,8,10-11H2. The van der Waals surface area contributed by atoms with Gasteiger partial charge in [-0.1, -0.05) is 18.2 Å². The van der Waals surface area contributed by atoms with E-state index < -0.39 is 6.10 Å². The van der Waals surface area contributed by atoms with E-state index in [-0.39, 0.29) is 0 Å². The van der Waals surface area contributed by atoms with Crippen LogP contribution in [0.15, 0.2) is 49.1 Å². The fraction of sp³-hybridized carbons (Fsp3) is 0.357. The van der Waals surface area contributed by atoms with Crippen molar-refractivity contribution in [2.75, 3.05) is 19.7 Å². The number of aliphatic hydroxyl groups excluding tert-OH is 1. The number of ether oxygens (including phenoxy) is 1. The molecule has 0 saturated carbocycles. The molecule has 0 aliphatic heterocycles.